The Balaban J connectivity index is 2.82. The van der Waals surface area contributed by atoms with Crippen LogP contribution in [0.2, 0.25) is 0 Å². The topological polar surface area (TPSA) is 46.5 Å². The van der Waals surface area contributed by atoms with E-state index in [-0.39, 0.29) is 11.7 Å². The number of aliphatic carboxylic acids is 1. The molecule has 0 fully saturated rings. The highest BCUT2D eigenvalue weighted by atomic mass is 19.3. The van der Waals surface area contributed by atoms with Crippen LogP contribution in [0.1, 0.15) is 25.8 Å². The summed E-state index contributed by atoms with van der Waals surface area (Å²) in [6.45, 7) is 3.65. The number of ether oxygens (including phenoxy) is 1. The summed E-state index contributed by atoms with van der Waals surface area (Å²) >= 11 is 0. The molecular formula is C12H14F2O3. The molecule has 0 heterocycles. The zero-order valence-corrected chi connectivity index (χ0v) is 9.61. The Labute approximate surface area is 98.0 Å². The number of benzene rings is 1. The Bertz CT molecular complexity index is 385. The van der Waals surface area contributed by atoms with Crippen LogP contribution in [0.3, 0.4) is 0 Å². The molecule has 0 aliphatic rings. The van der Waals surface area contributed by atoms with Crippen LogP contribution in [-0.4, -0.2) is 17.2 Å². The molecule has 1 aromatic rings. The van der Waals surface area contributed by atoms with Crippen LogP contribution in [0.25, 0.3) is 0 Å². The van der Waals surface area contributed by atoms with E-state index in [0.717, 1.165) is 0 Å². The minimum Gasteiger partial charge on any atom is -0.491 e. The summed E-state index contributed by atoms with van der Waals surface area (Å²) in [5.41, 5.74) is -0.323. The minimum absolute atomic E-state index is 0.0413. The maximum absolute atomic E-state index is 13.4. The van der Waals surface area contributed by atoms with Crippen molar-refractivity contribution in [3.05, 3.63) is 29.8 Å². The van der Waals surface area contributed by atoms with E-state index in [0.29, 0.717) is 5.75 Å². The Morgan fingerprint density at radius 2 is 1.88 bits per heavy atom. The lowest BCUT2D eigenvalue weighted by atomic mass is 10.1. The average molecular weight is 244 g/mol. The maximum Gasteiger partial charge on any atom is 0.309 e. The van der Waals surface area contributed by atoms with E-state index in [9.17, 15) is 13.6 Å². The van der Waals surface area contributed by atoms with Gasteiger partial charge in [-0.25, -0.2) is 8.78 Å². The van der Waals surface area contributed by atoms with Crippen molar-refractivity contribution in [2.45, 2.75) is 32.3 Å². The molecule has 3 nitrogen and oxygen atoms in total. The summed E-state index contributed by atoms with van der Waals surface area (Å²) in [6, 6.07) is 5.18. The average Bonchev–Trinajstić information content (AvgIpc) is 2.15. The number of carboxylic acids is 1. The van der Waals surface area contributed by atoms with E-state index >= 15 is 0 Å². The molecule has 1 aromatic carbocycles. The number of carbonyl (C=O) groups is 1. The third-order valence-electron chi connectivity index (χ3n) is 2.02. The van der Waals surface area contributed by atoms with Gasteiger partial charge in [0.25, 0.3) is 5.92 Å². The predicted molar refractivity (Wildman–Crippen MR) is 58.4 cm³/mol. The van der Waals surface area contributed by atoms with Gasteiger partial charge in [0, 0.05) is 5.56 Å². The van der Waals surface area contributed by atoms with E-state index in [4.69, 9.17) is 9.84 Å². The van der Waals surface area contributed by atoms with Gasteiger partial charge in [0.2, 0.25) is 0 Å². The fourth-order valence-corrected chi connectivity index (χ4v) is 1.34. The van der Waals surface area contributed by atoms with Gasteiger partial charge in [0.15, 0.2) is 0 Å². The lowest BCUT2D eigenvalue weighted by Gasteiger charge is -2.15. The highest BCUT2D eigenvalue weighted by Gasteiger charge is 2.34. The number of hydrogen-bond acceptors (Lipinski definition) is 2. The lowest BCUT2D eigenvalue weighted by Crippen LogP contribution is -2.18. The standard InChI is InChI=1S/C12H14F2O3/c1-8(2)17-10-5-3-9(4-6-10)12(13,14)7-11(15)16/h3-6,8H,7H2,1-2H3,(H,15,16). The molecule has 1 N–H and O–H groups in total. The van der Waals surface area contributed by atoms with Crippen molar-refractivity contribution in [3.63, 3.8) is 0 Å². The van der Waals surface area contributed by atoms with Gasteiger partial charge >= 0.3 is 5.97 Å². The molecule has 0 amide bonds. The Kier molecular flexibility index (Phi) is 4.04. The van der Waals surface area contributed by atoms with Crippen LogP contribution in [0, 0.1) is 0 Å². The second-order valence-electron chi connectivity index (χ2n) is 3.97. The smallest absolute Gasteiger partial charge is 0.309 e. The number of halogens is 2. The molecule has 1 rings (SSSR count). The highest BCUT2D eigenvalue weighted by molar-refractivity contribution is 5.68. The van der Waals surface area contributed by atoms with E-state index in [1.165, 1.54) is 24.3 Å². The van der Waals surface area contributed by atoms with Crippen LogP contribution in [0.5, 0.6) is 5.75 Å². The second kappa shape index (κ2) is 5.12. The Morgan fingerprint density at radius 3 is 2.29 bits per heavy atom. The van der Waals surface area contributed by atoms with Crippen molar-refractivity contribution in [2.24, 2.45) is 0 Å². The fourth-order valence-electron chi connectivity index (χ4n) is 1.34. The largest absolute Gasteiger partial charge is 0.491 e. The van der Waals surface area contributed by atoms with Gasteiger partial charge in [-0.1, -0.05) is 0 Å². The molecule has 5 heteroatoms. The number of alkyl halides is 2. The van der Waals surface area contributed by atoms with Gasteiger partial charge in [-0.2, -0.15) is 0 Å². The molecular weight excluding hydrogens is 230 g/mol. The molecule has 0 saturated carbocycles. The molecule has 0 bridgehead atoms. The minimum atomic E-state index is -3.36. The third-order valence-corrected chi connectivity index (χ3v) is 2.02. The molecule has 0 radical (unpaired) electrons. The van der Waals surface area contributed by atoms with Gasteiger partial charge in [0.05, 0.1) is 6.10 Å². The van der Waals surface area contributed by atoms with Crippen molar-refractivity contribution < 1.29 is 23.4 Å². The summed E-state index contributed by atoms with van der Waals surface area (Å²) in [6.07, 6.45) is -1.25. The van der Waals surface area contributed by atoms with E-state index in [1.54, 1.807) is 0 Å². The van der Waals surface area contributed by atoms with Crippen molar-refractivity contribution in [1.82, 2.24) is 0 Å². The summed E-state index contributed by atoms with van der Waals surface area (Å²) < 4.78 is 32.1. The molecule has 0 aliphatic carbocycles. The van der Waals surface area contributed by atoms with Crippen LogP contribution in [0.15, 0.2) is 24.3 Å². The first kappa shape index (κ1) is 13.4. The van der Waals surface area contributed by atoms with Crippen LogP contribution in [0.4, 0.5) is 8.78 Å². The van der Waals surface area contributed by atoms with Gasteiger partial charge < -0.3 is 9.84 Å². The zero-order chi connectivity index (χ0) is 13.1. The van der Waals surface area contributed by atoms with Crippen molar-refractivity contribution in [3.8, 4) is 5.75 Å². The quantitative estimate of drug-likeness (QED) is 0.865. The second-order valence-corrected chi connectivity index (χ2v) is 3.97. The first-order valence-electron chi connectivity index (χ1n) is 5.18. The van der Waals surface area contributed by atoms with E-state index in [2.05, 4.69) is 0 Å². The molecule has 0 spiro atoms. The first-order valence-corrected chi connectivity index (χ1v) is 5.18. The summed E-state index contributed by atoms with van der Waals surface area (Å²) in [5.74, 6) is -4.41. The normalized spacial score (nSPS) is 11.6. The van der Waals surface area contributed by atoms with Crippen molar-refractivity contribution >= 4 is 5.97 Å². The SMILES string of the molecule is CC(C)Oc1ccc(C(F)(F)CC(=O)O)cc1. The number of rotatable bonds is 5. The van der Waals surface area contributed by atoms with E-state index < -0.39 is 18.3 Å². The van der Waals surface area contributed by atoms with Crippen molar-refractivity contribution in [2.75, 3.05) is 0 Å². The highest BCUT2D eigenvalue weighted by Crippen LogP contribution is 2.32. The number of hydrogen-bond donors (Lipinski definition) is 1. The van der Waals surface area contributed by atoms with Gasteiger partial charge in [-0.15, -0.1) is 0 Å². The van der Waals surface area contributed by atoms with Crippen LogP contribution >= 0.6 is 0 Å². The predicted octanol–water partition coefficient (Wildman–Crippen LogP) is 3.04. The molecule has 0 aromatic heterocycles. The Hall–Kier alpha value is -1.65. The van der Waals surface area contributed by atoms with Gasteiger partial charge in [-0.3, -0.25) is 4.79 Å². The molecule has 0 saturated heterocycles. The summed E-state index contributed by atoms with van der Waals surface area (Å²) in [5, 5.41) is 8.38. The fraction of sp³-hybridized carbons (Fsp3) is 0.417. The maximum atomic E-state index is 13.4. The molecule has 0 aliphatic heterocycles. The monoisotopic (exact) mass is 244 g/mol. The summed E-state index contributed by atoms with van der Waals surface area (Å²) in [4.78, 5) is 10.3. The van der Waals surface area contributed by atoms with Gasteiger partial charge in [0.1, 0.15) is 12.2 Å². The Morgan fingerprint density at radius 1 is 1.35 bits per heavy atom. The zero-order valence-electron chi connectivity index (χ0n) is 9.61. The first-order chi connectivity index (χ1) is 7.81. The molecule has 0 unspecified atom stereocenters. The summed E-state index contributed by atoms with van der Waals surface area (Å²) in [7, 11) is 0. The van der Waals surface area contributed by atoms with Gasteiger partial charge in [-0.05, 0) is 38.1 Å². The van der Waals surface area contributed by atoms with Crippen LogP contribution < -0.4 is 4.74 Å². The molecule has 0 atom stereocenters. The molecule has 17 heavy (non-hydrogen) atoms. The van der Waals surface area contributed by atoms with Crippen LogP contribution in [-0.2, 0) is 10.7 Å². The van der Waals surface area contributed by atoms with E-state index in [1.807, 2.05) is 13.8 Å². The lowest BCUT2D eigenvalue weighted by molar-refractivity contribution is -0.145. The van der Waals surface area contributed by atoms with Crippen molar-refractivity contribution in [1.29, 1.82) is 0 Å². The molecule has 94 valence electrons. The number of carboxylic acid groups (broad SMARTS) is 1. The third kappa shape index (κ3) is 4.01.